The number of aromatic nitrogens is 4. The summed E-state index contributed by atoms with van der Waals surface area (Å²) in [6.07, 6.45) is 5.56. The molecule has 0 unspecified atom stereocenters. The van der Waals surface area contributed by atoms with E-state index in [1.807, 2.05) is 24.5 Å². The molecule has 2 N–H and O–H groups in total. The van der Waals surface area contributed by atoms with Crippen LogP contribution in [0.4, 0.5) is 0 Å². The molecule has 4 aromatic heterocycles. The molecule has 1 aromatic carbocycles. The monoisotopic (exact) mass is 258 g/mol. The molecule has 0 radical (unpaired) electrons. The summed E-state index contributed by atoms with van der Waals surface area (Å²) in [5.74, 6) is 0. The van der Waals surface area contributed by atoms with Crippen LogP contribution in [0.25, 0.3) is 43.7 Å². The van der Waals surface area contributed by atoms with E-state index in [1.165, 1.54) is 10.8 Å². The Hall–Kier alpha value is -2.88. The van der Waals surface area contributed by atoms with Gasteiger partial charge in [0, 0.05) is 27.9 Å². The van der Waals surface area contributed by atoms with Crippen molar-refractivity contribution in [1.82, 2.24) is 19.9 Å². The maximum Gasteiger partial charge on any atom is 0.0966 e. The lowest BCUT2D eigenvalue weighted by atomic mass is 10.1. The number of pyridine rings is 2. The van der Waals surface area contributed by atoms with Crippen molar-refractivity contribution in [2.24, 2.45) is 0 Å². The van der Waals surface area contributed by atoms with E-state index < -0.39 is 0 Å². The van der Waals surface area contributed by atoms with Gasteiger partial charge in [-0.25, -0.2) is 0 Å². The maximum atomic E-state index is 4.60. The quantitative estimate of drug-likeness (QED) is 0.444. The predicted octanol–water partition coefficient (Wildman–Crippen LogP) is 3.75. The Labute approximate surface area is 113 Å². The second kappa shape index (κ2) is 3.36. The van der Waals surface area contributed by atoms with Gasteiger partial charge in [0.15, 0.2) is 0 Å². The van der Waals surface area contributed by atoms with Gasteiger partial charge in [-0.1, -0.05) is 18.2 Å². The molecule has 0 amide bonds. The van der Waals surface area contributed by atoms with Crippen molar-refractivity contribution < 1.29 is 0 Å². The first-order chi connectivity index (χ1) is 9.92. The molecule has 0 fully saturated rings. The van der Waals surface area contributed by atoms with Crippen molar-refractivity contribution in [3.8, 4) is 0 Å². The van der Waals surface area contributed by atoms with Crippen molar-refractivity contribution in [3.63, 3.8) is 0 Å². The molecule has 0 saturated carbocycles. The second-order valence-corrected chi connectivity index (χ2v) is 4.99. The number of hydrogen-bond donors (Lipinski definition) is 2. The summed E-state index contributed by atoms with van der Waals surface area (Å²) in [5, 5.41) is 3.53. The molecule has 0 bridgehead atoms. The number of para-hydroxylation sites is 1. The van der Waals surface area contributed by atoms with E-state index in [1.54, 1.807) is 6.20 Å². The minimum atomic E-state index is 1.000. The van der Waals surface area contributed by atoms with Gasteiger partial charge in [0.05, 0.1) is 34.5 Å². The Kier molecular flexibility index (Phi) is 1.68. The molecular formula is C16H10N4. The summed E-state index contributed by atoms with van der Waals surface area (Å²) in [5.41, 5.74) is 5.28. The van der Waals surface area contributed by atoms with Crippen molar-refractivity contribution >= 4 is 43.7 Å². The lowest BCUT2D eigenvalue weighted by Crippen LogP contribution is -1.76. The Morgan fingerprint density at radius 3 is 2.75 bits per heavy atom. The van der Waals surface area contributed by atoms with E-state index in [4.69, 9.17) is 0 Å². The van der Waals surface area contributed by atoms with E-state index in [-0.39, 0.29) is 0 Å². The average molecular weight is 258 g/mol. The molecule has 94 valence electrons. The first kappa shape index (κ1) is 9.97. The minimum Gasteiger partial charge on any atom is -0.353 e. The van der Waals surface area contributed by atoms with Gasteiger partial charge >= 0.3 is 0 Å². The van der Waals surface area contributed by atoms with Gasteiger partial charge < -0.3 is 9.97 Å². The molecule has 20 heavy (non-hydrogen) atoms. The smallest absolute Gasteiger partial charge is 0.0966 e. The highest BCUT2D eigenvalue weighted by molar-refractivity contribution is 6.22. The van der Waals surface area contributed by atoms with E-state index in [0.717, 1.165) is 33.0 Å². The van der Waals surface area contributed by atoms with Crippen molar-refractivity contribution in [2.45, 2.75) is 0 Å². The van der Waals surface area contributed by atoms with Crippen LogP contribution in [0, 0.1) is 0 Å². The zero-order valence-electron chi connectivity index (χ0n) is 10.5. The fourth-order valence-corrected chi connectivity index (χ4v) is 3.00. The number of nitrogens with zero attached hydrogens (tertiary/aromatic N) is 2. The van der Waals surface area contributed by atoms with Crippen LogP contribution in [0.2, 0.25) is 0 Å². The van der Waals surface area contributed by atoms with E-state index >= 15 is 0 Å². The number of nitrogens with one attached hydrogen (secondary N) is 2. The fourth-order valence-electron chi connectivity index (χ4n) is 3.00. The SMILES string of the molecule is c1ccc2c(c1)[nH]c1cnc3c4ccncc4[nH]c3c12. The van der Waals surface area contributed by atoms with Gasteiger partial charge in [0.2, 0.25) is 0 Å². The largest absolute Gasteiger partial charge is 0.353 e. The third-order valence-electron chi connectivity index (χ3n) is 3.88. The second-order valence-electron chi connectivity index (χ2n) is 4.99. The lowest BCUT2D eigenvalue weighted by molar-refractivity contribution is 1.35. The third kappa shape index (κ3) is 1.11. The van der Waals surface area contributed by atoms with E-state index in [0.29, 0.717) is 0 Å². The lowest BCUT2D eigenvalue weighted by Gasteiger charge is -1.94. The Morgan fingerprint density at radius 1 is 0.800 bits per heavy atom. The van der Waals surface area contributed by atoms with Gasteiger partial charge in [0.25, 0.3) is 0 Å². The van der Waals surface area contributed by atoms with Crippen LogP contribution < -0.4 is 0 Å². The highest BCUT2D eigenvalue weighted by Gasteiger charge is 2.12. The molecule has 5 aromatic rings. The van der Waals surface area contributed by atoms with Crippen LogP contribution in [-0.2, 0) is 0 Å². The van der Waals surface area contributed by atoms with Crippen LogP contribution >= 0.6 is 0 Å². The highest BCUT2D eigenvalue weighted by atomic mass is 14.8. The van der Waals surface area contributed by atoms with E-state index in [9.17, 15) is 0 Å². The van der Waals surface area contributed by atoms with Gasteiger partial charge in [-0.3, -0.25) is 9.97 Å². The summed E-state index contributed by atoms with van der Waals surface area (Å²) in [7, 11) is 0. The molecule has 0 aliphatic heterocycles. The molecule has 0 aliphatic rings. The number of aromatic amines is 2. The maximum absolute atomic E-state index is 4.60. The van der Waals surface area contributed by atoms with Gasteiger partial charge in [0.1, 0.15) is 0 Å². The first-order valence-electron chi connectivity index (χ1n) is 6.52. The number of rotatable bonds is 0. The molecule has 4 heteroatoms. The normalized spacial score (nSPS) is 12.0. The highest BCUT2D eigenvalue weighted by Crippen LogP contribution is 2.33. The zero-order valence-corrected chi connectivity index (χ0v) is 10.5. The molecule has 0 atom stereocenters. The van der Waals surface area contributed by atoms with Crippen LogP contribution in [0.1, 0.15) is 0 Å². The van der Waals surface area contributed by atoms with E-state index in [2.05, 4.69) is 38.1 Å². The van der Waals surface area contributed by atoms with Crippen LogP contribution in [0.3, 0.4) is 0 Å². The van der Waals surface area contributed by atoms with Crippen LogP contribution in [0.15, 0.2) is 48.9 Å². The Balaban J connectivity index is 2.14. The Bertz CT molecular complexity index is 1100. The molecule has 0 spiro atoms. The fraction of sp³-hybridized carbons (Fsp3) is 0. The van der Waals surface area contributed by atoms with Crippen molar-refractivity contribution in [2.75, 3.05) is 0 Å². The first-order valence-corrected chi connectivity index (χ1v) is 6.52. The summed E-state index contributed by atoms with van der Waals surface area (Å²) < 4.78 is 0. The summed E-state index contributed by atoms with van der Waals surface area (Å²) in [6.45, 7) is 0. The third-order valence-corrected chi connectivity index (χ3v) is 3.88. The molecule has 4 heterocycles. The minimum absolute atomic E-state index is 1.000. The van der Waals surface area contributed by atoms with Crippen molar-refractivity contribution in [3.05, 3.63) is 48.9 Å². The number of H-pyrrole nitrogens is 2. The zero-order chi connectivity index (χ0) is 13.1. The van der Waals surface area contributed by atoms with Gasteiger partial charge in [-0.05, 0) is 12.1 Å². The summed E-state index contributed by atoms with van der Waals surface area (Å²) in [6, 6.07) is 10.3. The topological polar surface area (TPSA) is 57.4 Å². The van der Waals surface area contributed by atoms with Gasteiger partial charge in [-0.2, -0.15) is 0 Å². The molecule has 0 aliphatic carbocycles. The molecule has 4 nitrogen and oxygen atoms in total. The number of fused-ring (bicyclic) bond motifs is 7. The summed E-state index contributed by atoms with van der Waals surface area (Å²) >= 11 is 0. The molecule has 5 rings (SSSR count). The van der Waals surface area contributed by atoms with Gasteiger partial charge in [-0.15, -0.1) is 0 Å². The summed E-state index contributed by atoms with van der Waals surface area (Å²) in [4.78, 5) is 15.6. The molecular weight excluding hydrogens is 248 g/mol. The Morgan fingerprint density at radius 2 is 1.75 bits per heavy atom. The standard InChI is InChI=1S/C16H10N4/c1-2-4-11-9(3-1)14-13(19-11)8-18-15-10-5-6-17-7-12(10)20-16(14)15/h1-8,19-20H. The van der Waals surface area contributed by atoms with Crippen molar-refractivity contribution in [1.29, 1.82) is 0 Å². The predicted molar refractivity (Wildman–Crippen MR) is 80.8 cm³/mol. The number of hydrogen-bond acceptors (Lipinski definition) is 2. The van der Waals surface area contributed by atoms with Crippen LogP contribution in [-0.4, -0.2) is 19.9 Å². The average Bonchev–Trinajstić information content (AvgIpc) is 3.04. The molecule has 0 saturated heterocycles. The number of benzene rings is 1. The van der Waals surface area contributed by atoms with Crippen LogP contribution in [0.5, 0.6) is 0 Å².